The summed E-state index contributed by atoms with van der Waals surface area (Å²) in [5, 5.41) is 12.1. The number of carboxylic acids is 1. The van der Waals surface area contributed by atoms with Crippen LogP contribution in [0.15, 0.2) is 72.9 Å². The van der Waals surface area contributed by atoms with Crippen LogP contribution in [0.5, 0.6) is 5.75 Å². The zero-order chi connectivity index (χ0) is 18.9. The first-order valence-electron chi connectivity index (χ1n) is 8.89. The summed E-state index contributed by atoms with van der Waals surface area (Å²) in [4.78, 5) is 14.9. The Morgan fingerprint density at radius 1 is 0.963 bits per heavy atom. The van der Waals surface area contributed by atoms with Crippen LogP contribution in [-0.2, 0) is 13.0 Å². The molecule has 0 unspecified atom stereocenters. The Balaban J connectivity index is 1.39. The molecule has 2 aromatic carbocycles. The van der Waals surface area contributed by atoms with Crippen LogP contribution in [-0.4, -0.2) is 22.6 Å². The molecule has 0 fully saturated rings. The van der Waals surface area contributed by atoms with Gasteiger partial charge in [-0.2, -0.15) is 0 Å². The molecule has 0 spiro atoms. The molecule has 0 aliphatic carbocycles. The van der Waals surface area contributed by atoms with E-state index in [4.69, 9.17) is 9.84 Å². The van der Waals surface area contributed by atoms with Gasteiger partial charge in [0, 0.05) is 12.7 Å². The van der Waals surface area contributed by atoms with E-state index in [1.165, 1.54) is 11.8 Å². The lowest BCUT2D eigenvalue weighted by molar-refractivity contribution is 0.0696. The maximum atomic E-state index is 10.8. The number of benzene rings is 2. The number of carboxylic acid groups (broad SMARTS) is 1. The fourth-order valence-corrected chi connectivity index (χ4v) is 2.63. The Kier molecular flexibility index (Phi) is 6.41. The maximum Gasteiger partial charge on any atom is 0.337 e. The molecule has 3 rings (SSSR count). The summed E-state index contributed by atoms with van der Waals surface area (Å²) in [6.45, 7) is 1.34. The van der Waals surface area contributed by atoms with Crippen molar-refractivity contribution in [1.82, 2.24) is 4.98 Å². The smallest absolute Gasteiger partial charge is 0.337 e. The van der Waals surface area contributed by atoms with Gasteiger partial charge in [0.2, 0.25) is 0 Å². The van der Waals surface area contributed by atoms with Crippen LogP contribution in [0.1, 0.15) is 27.9 Å². The first-order chi connectivity index (χ1) is 13.2. The van der Waals surface area contributed by atoms with Gasteiger partial charge in [0.25, 0.3) is 0 Å². The summed E-state index contributed by atoms with van der Waals surface area (Å²) in [6.07, 6.45) is 3.25. The van der Waals surface area contributed by atoms with Crippen LogP contribution < -0.4 is 10.1 Å². The molecule has 0 radical (unpaired) electrons. The lowest BCUT2D eigenvalue weighted by Crippen LogP contribution is -2.05. The predicted molar refractivity (Wildman–Crippen MR) is 105 cm³/mol. The van der Waals surface area contributed by atoms with Gasteiger partial charge in [-0.3, -0.25) is 0 Å². The van der Waals surface area contributed by atoms with Crippen LogP contribution >= 0.6 is 0 Å². The third-order valence-electron chi connectivity index (χ3n) is 4.13. The number of nitrogens with one attached hydrogen (secondary N) is 1. The Hall–Kier alpha value is -3.34. The minimum absolute atomic E-state index is 0.190. The molecule has 0 saturated heterocycles. The number of aromatic carboxylic acids is 1. The van der Waals surface area contributed by atoms with Crippen molar-refractivity contribution in [2.75, 3.05) is 11.9 Å². The summed E-state index contributed by atoms with van der Waals surface area (Å²) in [5.74, 6) is 0.582. The highest BCUT2D eigenvalue weighted by atomic mass is 16.5. The molecule has 138 valence electrons. The van der Waals surface area contributed by atoms with Crippen molar-refractivity contribution in [2.24, 2.45) is 0 Å². The number of pyridine rings is 1. The fourth-order valence-electron chi connectivity index (χ4n) is 2.63. The van der Waals surface area contributed by atoms with E-state index in [9.17, 15) is 4.79 Å². The fraction of sp³-hybridized carbons (Fsp3) is 0.182. The minimum Gasteiger partial charge on any atom is -0.489 e. The summed E-state index contributed by atoms with van der Waals surface area (Å²) in [5.41, 5.74) is 2.59. The van der Waals surface area contributed by atoms with Crippen molar-refractivity contribution in [1.29, 1.82) is 0 Å². The molecule has 0 aliphatic rings. The highest BCUT2D eigenvalue weighted by molar-refractivity contribution is 5.87. The summed E-state index contributed by atoms with van der Waals surface area (Å²) in [7, 11) is 0. The number of aromatic nitrogens is 1. The monoisotopic (exact) mass is 362 g/mol. The summed E-state index contributed by atoms with van der Waals surface area (Å²) in [6, 6.07) is 21.5. The van der Waals surface area contributed by atoms with Crippen molar-refractivity contribution >= 4 is 11.8 Å². The van der Waals surface area contributed by atoms with Crippen molar-refractivity contribution in [3.8, 4) is 5.75 Å². The first-order valence-corrected chi connectivity index (χ1v) is 8.89. The highest BCUT2D eigenvalue weighted by Crippen LogP contribution is 2.15. The Labute approximate surface area is 158 Å². The van der Waals surface area contributed by atoms with Crippen LogP contribution in [0.25, 0.3) is 0 Å². The summed E-state index contributed by atoms with van der Waals surface area (Å²) >= 11 is 0. The number of hydrogen-bond donors (Lipinski definition) is 2. The zero-order valence-corrected chi connectivity index (χ0v) is 15.0. The molecule has 3 aromatic rings. The predicted octanol–water partition coefficient (Wildman–Crippen LogP) is 4.40. The molecule has 0 saturated carbocycles. The quantitative estimate of drug-likeness (QED) is 0.552. The summed E-state index contributed by atoms with van der Waals surface area (Å²) < 4.78 is 5.79. The van der Waals surface area contributed by atoms with E-state index in [1.807, 2.05) is 42.5 Å². The number of anilines is 1. The Bertz CT molecular complexity index is 847. The number of aryl methyl sites for hydroxylation is 1. The number of carbonyl (C=O) groups is 1. The van der Waals surface area contributed by atoms with E-state index in [1.54, 1.807) is 12.1 Å². The molecular formula is C22H22N2O3. The van der Waals surface area contributed by atoms with Gasteiger partial charge in [-0.25, -0.2) is 9.78 Å². The molecule has 0 amide bonds. The molecule has 2 N–H and O–H groups in total. The van der Waals surface area contributed by atoms with Gasteiger partial charge in [0.05, 0.1) is 5.56 Å². The molecule has 5 heteroatoms. The van der Waals surface area contributed by atoms with Gasteiger partial charge < -0.3 is 15.2 Å². The maximum absolute atomic E-state index is 10.8. The van der Waals surface area contributed by atoms with Crippen LogP contribution in [0.4, 0.5) is 5.82 Å². The first kappa shape index (κ1) is 18.5. The van der Waals surface area contributed by atoms with Crippen molar-refractivity contribution < 1.29 is 14.6 Å². The average molecular weight is 362 g/mol. The third kappa shape index (κ3) is 5.85. The second-order valence-electron chi connectivity index (χ2n) is 6.19. The molecule has 0 aliphatic heterocycles. The van der Waals surface area contributed by atoms with Gasteiger partial charge >= 0.3 is 5.97 Å². The van der Waals surface area contributed by atoms with E-state index >= 15 is 0 Å². The molecule has 5 nitrogen and oxygen atoms in total. The van der Waals surface area contributed by atoms with E-state index in [2.05, 4.69) is 22.4 Å². The number of rotatable bonds is 9. The SMILES string of the molecule is O=C(O)c1ccc(NCCCc2ccc(OCc3ccccc3)cc2)nc1. The molecular weight excluding hydrogens is 340 g/mol. The minimum atomic E-state index is -0.967. The number of ether oxygens (including phenoxy) is 1. The van der Waals surface area contributed by atoms with Crippen molar-refractivity contribution in [3.05, 3.63) is 89.6 Å². The van der Waals surface area contributed by atoms with Gasteiger partial charge in [-0.15, -0.1) is 0 Å². The normalized spacial score (nSPS) is 10.4. The van der Waals surface area contributed by atoms with Gasteiger partial charge in [-0.1, -0.05) is 42.5 Å². The highest BCUT2D eigenvalue weighted by Gasteiger charge is 2.02. The molecule has 0 bridgehead atoms. The van der Waals surface area contributed by atoms with E-state index in [0.29, 0.717) is 12.4 Å². The Morgan fingerprint density at radius 2 is 1.74 bits per heavy atom. The lowest BCUT2D eigenvalue weighted by atomic mass is 10.1. The van der Waals surface area contributed by atoms with Crippen LogP contribution in [0.3, 0.4) is 0 Å². The standard InChI is InChI=1S/C22H22N2O3/c25-22(26)19-10-13-21(24-15-19)23-14-4-7-17-8-11-20(12-9-17)27-16-18-5-2-1-3-6-18/h1-3,5-6,8-13,15H,4,7,14,16H2,(H,23,24)(H,25,26). The van der Waals surface area contributed by atoms with Crippen LogP contribution in [0.2, 0.25) is 0 Å². The molecule has 1 aromatic heterocycles. The van der Waals surface area contributed by atoms with Crippen LogP contribution in [0, 0.1) is 0 Å². The van der Waals surface area contributed by atoms with Crippen molar-refractivity contribution in [2.45, 2.75) is 19.4 Å². The van der Waals surface area contributed by atoms with Crippen molar-refractivity contribution in [3.63, 3.8) is 0 Å². The second-order valence-corrected chi connectivity index (χ2v) is 6.19. The van der Waals surface area contributed by atoms with E-state index < -0.39 is 5.97 Å². The lowest BCUT2D eigenvalue weighted by Gasteiger charge is -2.08. The van der Waals surface area contributed by atoms with E-state index in [-0.39, 0.29) is 5.56 Å². The number of hydrogen-bond acceptors (Lipinski definition) is 4. The topological polar surface area (TPSA) is 71.5 Å². The average Bonchev–Trinajstić information content (AvgIpc) is 2.71. The molecule has 27 heavy (non-hydrogen) atoms. The second kappa shape index (κ2) is 9.38. The van der Waals surface area contributed by atoms with E-state index in [0.717, 1.165) is 30.7 Å². The Morgan fingerprint density at radius 3 is 2.41 bits per heavy atom. The third-order valence-corrected chi connectivity index (χ3v) is 4.13. The van der Waals surface area contributed by atoms with Gasteiger partial charge in [-0.05, 0) is 48.2 Å². The zero-order valence-electron chi connectivity index (χ0n) is 15.0. The largest absolute Gasteiger partial charge is 0.489 e. The number of nitrogens with zero attached hydrogens (tertiary/aromatic N) is 1. The van der Waals surface area contributed by atoms with Gasteiger partial charge in [0.15, 0.2) is 0 Å². The van der Waals surface area contributed by atoms with Gasteiger partial charge in [0.1, 0.15) is 18.2 Å². The molecule has 1 heterocycles. The molecule has 0 atom stereocenters.